The van der Waals surface area contributed by atoms with Gasteiger partial charge in [-0.15, -0.1) is 0 Å². The molecule has 2 fully saturated rings. The summed E-state index contributed by atoms with van der Waals surface area (Å²) in [4.78, 5) is 14.4. The van der Waals surface area contributed by atoms with Crippen molar-refractivity contribution in [1.82, 2.24) is 10.2 Å². The Labute approximate surface area is 120 Å². The quantitative estimate of drug-likeness (QED) is 0.891. The maximum atomic E-state index is 12.5. The van der Waals surface area contributed by atoms with Crippen molar-refractivity contribution in [2.24, 2.45) is 0 Å². The van der Waals surface area contributed by atoms with Crippen LogP contribution in [-0.4, -0.2) is 43.1 Å². The van der Waals surface area contributed by atoms with Crippen LogP contribution in [0.1, 0.15) is 30.1 Å². The van der Waals surface area contributed by atoms with Crippen LogP contribution >= 0.6 is 0 Å². The molecule has 2 saturated heterocycles. The van der Waals surface area contributed by atoms with E-state index in [1.165, 1.54) is 11.1 Å². The second-order valence-corrected chi connectivity index (χ2v) is 5.65. The van der Waals surface area contributed by atoms with Gasteiger partial charge < -0.3 is 15.0 Å². The molecule has 4 nitrogen and oxygen atoms in total. The molecule has 1 N–H and O–H groups in total. The van der Waals surface area contributed by atoms with Gasteiger partial charge in [0.05, 0.1) is 19.2 Å². The molecule has 1 aromatic rings. The highest BCUT2D eigenvalue weighted by Crippen LogP contribution is 2.25. The smallest absolute Gasteiger partial charge is 0.239 e. The summed E-state index contributed by atoms with van der Waals surface area (Å²) in [5, 5.41) is 3.29. The van der Waals surface area contributed by atoms with E-state index in [2.05, 4.69) is 24.4 Å². The lowest BCUT2D eigenvalue weighted by molar-refractivity contribution is -0.140. The summed E-state index contributed by atoms with van der Waals surface area (Å²) in [6.45, 7) is 5.05. The number of aryl methyl sites for hydroxylation is 1. The van der Waals surface area contributed by atoms with Gasteiger partial charge in [-0.2, -0.15) is 0 Å². The maximum Gasteiger partial charge on any atom is 0.239 e. The van der Waals surface area contributed by atoms with Crippen LogP contribution in [0, 0.1) is 6.92 Å². The molecule has 2 heterocycles. The van der Waals surface area contributed by atoms with E-state index in [1.54, 1.807) is 0 Å². The lowest BCUT2D eigenvalue weighted by Gasteiger charge is -2.35. The Balaban J connectivity index is 1.70. The first-order valence-electron chi connectivity index (χ1n) is 7.45. The van der Waals surface area contributed by atoms with Crippen LogP contribution < -0.4 is 5.32 Å². The average molecular weight is 274 g/mol. The van der Waals surface area contributed by atoms with E-state index in [9.17, 15) is 4.79 Å². The number of ether oxygens (including phenoxy) is 1. The number of nitrogens with one attached hydrogen (secondary N) is 1. The van der Waals surface area contributed by atoms with Gasteiger partial charge in [-0.25, -0.2) is 0 Å². The Bertz CT molecular complexity index is 483. The van der Waals surface area contributed by atoms with Crippen LogP contribution in [0.3, 0.4) is 0 Å². The lowest BCUT2D eigenvalue weighted by atomic mass is 10.0. The second-order valence-electron chi connectivity index (χ2n) is 5.65. The SMILES string of the molecule is Cc1ccccc1[C@H]1CN(C(=O)[C@H]2CCCN2)CCO1. The zero-order valence-electron chi connectivity index (χ0n) is 12.0. The molecule has 0 saturated carbocycles. The fourth-order valence-electron chi connectivity index (χ4n) is 3.10. The molecule has 0 radical (unpaired) electrons. The molecule has 3 rings (SSSR count). The van der Waals surface area contributed by atoms with Crippen LogP contribution in [0.25, 0.3) is 0 Å². The molecule has 4 heteroatoms. The third-order valence-electron chi connectivity index (χ3n) is 4.27. The molecule has 20 heavy (non-hydrogen) atoms. The minimum absolute atomic E-state index is 0.00954. The first-order valence-corrected chi connectivity index (χ1v) is 7.45. The standard InChI is InChI=1S/C16H22N2O2/c1-12-5-2-3-6-13(12)15-11-18(9-10-20-15)16(19)14-7-4-8-17-14/h2-3,5-6,14-15,17H,4,7-11H2,1H3/t14-,15-/m1/s1. The van der Waals surface area contributed by atoms with Gasteiger partial charge in [0.1, 0.15) is 6.10 Å². The van der Waals surface area contributed by atoms with E-state index < -0.39 is 0 Å². The summed E-state index contributed by atoms with van der Waals surface area (Å²) in [5.74, 6) is 0.240. The van der Waals surface area contributed by atoms with E-state index in [1.807, 2.05) is 17.0 Å². The summed E-state index contributed by atoms with van der Waals surface area (Å²) < 4.78 is 5.87. The van der Waals surface area contributed by atoms with Crippen LogP contribution in [0.5, 0.6) is 0 Å². The molecule has 1 aromatic carbocycles. The Hall–Kier alpha value is -1.39. The zero-order valence-corrected chi connectivity index (χ0v) is 12.0. The fraction of sp³-hybridized carbons (Fsp3) is 0.562. The van der Waals surface area contributed by atoms with E-state index in [0.717, 1.165) is 19.4 Å². The molecule has 0 aromatic heterocycles. The van der Waals surface area contributed by atoms with Gasteiger partial charge in [0.25, 0.3) is 0 Å². The molecule has 0 spiro atoms. The highest BCUT2D eigenvalue weighted by atomic mass is 16.5. The van der Waals surface area contributed by atoms with Crippen molar-refractivity contribution in [1.29, 1.82) is 0 Å². The number of hydrogen-bond donors (Lipinski definition) is 1. The molecule has 2 atom stereocenters. The Morgan fingerprint density at radius 2 is 2.25 bits per heavy atom. The van der Waals surface area contributed by atoms with Crippen molar-refractivity contribution < 1.29 is 9.53 Å². The maximum absolute atomic E-state index is 12.5. The number of benzene rings is 1. The highest BCUT2D eigenvalue weighted by Gasteiger charge is 2.31. The first kappa shape index (κ1) is 13.6. The summed E-state index contributed by atoms with van der Waals surface area (Å²) in [6.07, 6.45) is 2.07. The first-order chi connectivity index (χ1) is 9.75. The van der Waals surface area contributed by atoms with Crippen molar-refractivity contribution in [3.63, 3.8) is 0 Å². The third kappa shape index (κ3) is 2.72. The van der Waals surface area contributed by atoms with Gasteiger partial charge in [0.15, 0.2) is 0 Å². The lowest BCUT2D eigenvalue weighted by Crippen LogP contribution is -2.49. The van der Waals surface area contributed by atoms with Crippen molar-refractivity contribution in [3.8, 4) is 0 Å². The molecule has 2 aliphatic rings. The molecule has 0 unspecified atom stereocenters. The summed E-state index contributed by atoms with van der Waals surface area (Å²) in [7, 11) is 0. The number of carbonyl (C=O) groups excluding carboxylic acids is 1. The average Bonchev–Trinajstić information content (AvgIpc) is 3.01. The van der Waals surface area contributed by atoms with Gasteiger partial charge in [-0.1, -0.05) is 24.3 Å². The van der Waals surface area contributed by atoms with Crippen molar-refractivity contribution in [2.45, 2.75) is 31.9 Å². The number of rotatable bonds is 2. The minimum Gasteiger partial charge on any atom is -0.370 e. The van der Waals surface area contributed by atoms with E-state index >= 15 is 0 Å². The Morgan fingerprint density at radius 3 is 3.00 bits per heavy atom. The van der Waals surface area contributed by atoms with Gasteiger partial charge in [0.2, 0.25) is 5.91 Å². The van der Waals surface area contributed by atoms with E-state index in [-0.39, 0.29) is 18.1 Å². The molecule has 0 aliphatic carbocycles. The largest absolute Gasteiger partial charge is 0.370 e. The molecular formula is C16H22N2O2. The number of amides is 1. The normalized spacial score (nSPS) is 26.8. The third-order valence-corrected chi connectivity index (χ3v) is 4.27. The van der Waals surface area contributed by atoms with Crippen LogP contribution in [0.15, 0.2) is 24.3 Å². The minimum atomic E-state index is 0.00954. The predicted molar refractivity (Wildman–Crippen MR) is 77.5 cm³/mol. The predicted octanol–water partition coefficient (Wildman–Crippen LogP) is 1.65. The molecule has 108 valence electrons. The summed E-state index contributed by atoms with van der Waals surface area (Å²) in [6, 6.07) is 8.28. The number of morpholine rings is 1. The van der Waals surface area contributed by atoms with Gasteiger partial charge in [-0.05, 0) is 37.4 Å². The number of nitrogens with zero attached hydrogens (tertiary/aromatic N) is 1. The zero-order chi connectivity index (χ0) is 13.9. The van der Waals surface area contributed by atoms with Crippen molar-refractivity contribution in [2.75, 3.05) is 26.2 Å². The number of carbonyl (C=O) groups is 1. The van der Waals surface area contributed by atoms with Gasteiger partial charge in [-0.3, -0.25) is 4.79 Å². The molecule has 1 amide bonds. The van der Waals surface area contributed by atoms with E-state index in [4.69, 9.17) is 4.74 Å². The Morgan fingerprint density at radius 1 is 1.40 bits per heavy atom. The van der Waals surface area contributed by atoms with Crippen LogP contribution in [0.2, 0.25) is 0 Å². The fourth-order valence-corrected chi connectivity index (χ4v) is 3.10. The topological polar surface area (TPSA) is 41.6 Å². The van der Waals surface area contributed by atoms with Crippen LogP contribution in [0.4, 0.5) is 0 Å². The Kier molecular flexibility index (Phi) is 4.03. The van der Waals surface area contributed by atoms with Crippen LogP contribution in [-0.2, 0) is 9.53 Å². The monoisotopic (exact) mass is 274 g/mol. The van der Waals surface area contributed by atoms with Gasteiger partial charge in [0, 0.05) is 6.54 Å². The van der Waals surface area contributed by atoms with E-state index in [0.29, 0.717) is 19.7 Å². The van der Waals surface area contributed by atoms with Gasteiger partial charge >= 0.3 is 0 Å². The van der Waals surface area contributed by atoms with Crippen molar-refractivity contribution in [3.05, 3.63) is 35.4 Å². The second kappa shape index (κ2) is 5.94. The number of hydrogen-bond acceptors (Lipinski definition) is 3. The van der Waals surface area contributed by atoms with Crippen molar-refractivity contribution >= 4 is 5.91 Å². The molecule has 0 bridgehead atoms. The highest BCUT2D eigenvalue weighted by molar-refractivity contribution is 5.82. The molecule has 2 aliphatic heterocycles. The molecular weight excluding hydrogens is 252 g/mol. The summed E-state index contributed by atoms with van der Waals surface area (Å²) in [5.41, 5.74) is 2.43. The summed E-state index contributed by atoms with van der Waals surface area (Å²) >= 11 is 0.